The van der Waals surface area contributed by atoms with Crippen LogP contribution >= 0.6 is 0 Å². The molecule has 0 saturated carbocycles. The maximum absolute atomic E-state index is 11.4. The highest BCUT2D eigenvalue weighted by Crippen LogP contribution is 2.33. The Morgan fingerprint density at radius 3 is 1.48 bits per heavy atom. The molecular weight excluding hydrogens is 304 g/mol. The van der Waals surface area contributed by atoms with Crippen molar-refractivity contribution >= 4 is 24.2 Å². The summed E-state index contributed by atoms with van der Waals surface area (Å²) in [6, 6.07) is 7.32. The average molecular weight is 314 g/mol. The van der Waals surface area contributed by atoms with Crippen molar-refractivity contribution in [3.63, 3.8) is 0 Å². The summed E-state index contributed by atoms with van der Waals surface area (Å²) < 4.78 is 0. The van der Waals surface area contributed by atoms with Crippen molar-refractivity contribution in [1.82, 2.24) is 0 Å². The van der Waals surface area contributed by atoms with Crippen molar-refractivity contribution in [3.8, 4) is 11.1 Å². The van der Waals surface area contributed by atoms with E-state index in [-0.39, 0.29) is 22.3 Å². The summed E-state index contributed by atoms with van der Waals surface area (Å²) in [5.41, 5.74) is -1.81. The maximum atomic E-state index is 11.4. The summed E-state index contributed by atoms with van der Waals surface area (Å²) in [5.74, 6) is -4.26. The quantitative estimate of drug-likeness (QED) is 0.722. The van der Waals surface area contributed by atoms with E-state index in [0.717, 1.165) is 12.1 Å². The summed E-state index contributed by atoms with van der Waals surface area (Å²) in [5, 5.41) is 27.9. The van der Waals surface area contributed by atoms with E-state index in [1.807, 2.05) is 0 Å². The van der Waals surface area contributed by atoms with Crippen LogP contribution in [-0.4, -0.2) is 39.5 Å². The van der Waals surface area contributed by atoms with Gasteiger partial charge >= 0.3 is 17.9 Å². The van der Waals surface area contributed by atoms with Crippen LogP contribution < -0.4 is 0 Å². The molecule has 0 aliphatic heterocycles. The number of hydrogen-bond donors (Lipinski definition) is 3. The molecule has 116 valence electrons. The molecule has 0 saturated heterocycles. The molecule has 0 heterocycles. The van der Waals surface area contributed by atoms with Gasteiger partial charge < -0.3 is 15.3 Å². The third kappa shape index (κ3) is 2.80. The van der Waals surface area contributed by atoms with Gasteiger partial charge in [0.15, 0.2) is 6.29 Å². The second kappa shape index (κ2) is 6.10. The van der Waals surface area contributed by atoms with Crippen LogP contribution in [0.15, 0.2) is 36.4 Å². The van der Waals surface area contributed by atoms with E-state index in [2.05, 4.69) is 0 Å². The molecule has 0 unspecified atom stereocenters. The maximum Gasteiger partial charge on any atom is 0.336 e. The third-order valence-corrected chi connectivity index (χ3v) is 3.23. The van der Waals surface area contributed by atoms with Crippen molar-refractivity contribution in [2.45, 2.75) is 0 Å². The lowest BCUT2D eigenvalue weighted by atomic mass is 9.88. The summed E-state index contributed by atoms with van der Waals surface area (Å²) in [6.45, 7) is 0. The predicted octanol–water partition coefficient (Wildman–Crippen LogP) is 2.26. The first-order chi connectivity index (χ1) is 10.9. The van der Waals surface area contributed by atoms with Crippen LogP contribution in [0.5, 0.6) is 0 Å². The molecule has 3 N–H and O–H groups in total. The highest BCUT2D eigenvalue weighted by Gasteiger charge is 2.25. The minimum Gasteiger partial charge on any atom is -0.478 e. The Morgan fingerprint density at radius 1 is 0.696 bits per heavy atom. The van der Waals surface area contributed by atoms with Crippen LogP contribution in [-0.2, 0) is 0 Å². The highest BCUT2D eigenvalue weighted by molar-refractivity contribution is 6.11. The van der Waals surface area contributed by atoms with Gasteiger partial charge in [0.25, 0.3) is 0 Å². The van der Waals surface area contributed by atoms with Crippen LogP contribution in [0.2, 0.25) is 0 Å². The van der Waals surface area contributed by atoms with Crippen LogP contribution in [0, 0.1) is 0 Å². The Hall–Kier alpha value is -3.48. The van der Waals surface area contributed by atoms with Crippen LogP contribution in [0.4, 0.5) is 0 Å². The molecule has 0 atom stereocenters. The molecule has 0 aromatic heterocycles. The minimum absolute atomic E-state index is 0.110. The first-order valence-corrected chi connectivity index (χ1v) is 6.30. The zero-order valence-electron chi connectivity index (χ0n) is 11.5. The molecule has 0 aliphatic carbocycles. The Labute approximate surface area is 129 Å². The topological polar surface area (TPSA) is 129 Å². The fourth-order valence-electron chi connectivity index (χ4n) is 2.30. The van der Waals surface area contributed by atoms with E-state index in [1.165, 1.54) is 24.3 Å². The van der Waals surface area contributed by atoms with E-state index in [1.54, 1.807) is 0 Å². The van der Waals surface area contributed by atoms with Gasteiger partial charge in [-0.3, -0.25) is 4.79 Å². The molecule has 2 aromatic rings. The number of carbonyl (C=O) groups excluding carboxylic acids is 1. The standard InChI is InChI=1S/C16H10O7/c17-7-8-3-1-4-9(14(18)19)12(8)13-10(15(20)21)5-2-6-11(13)16(22)23/h1-7H,(H,18,19)(H,20,21)(H,22,23). The molecule has 2 rings (SSSR count). The fourth-order valence-corrected chi connectivity index (χ4v) is 2.30. The Balaban J connectivity index is 3.02. The lowest BCUT2D eigenvalue weighted by Gasteiger charge is -2.14. The van der Waals surface area contributed by atoms with Crippen molar-refractivity contribution in [2.24, 2.45) is 0 Å². The van der Waals surface area contributed by atoms with Gasteiger partial charge in [-0.05, 0) is 18.2 Å². The summed E-state index contributed by atoms with van der Waals surface area (Å²) in [7, 11) is 0. The molecule has 0 radical (unpaired) electrons. The lowest BCUT2D eigenvalue weighted by molar-refractivity contribution is 0.0679. The number of carboxylic acid groups (broad SMARTS) is 3. The highest BCUT2D eigenvalue weighted by atomic mass is 16.4. The van der Waals surface area contributed by atoms with Gasteiger partial charge in [-0.25, -0.2) is 14.4 Å². The van der Waals surface area contributed by atoms with E-state index < -0.39 is 29.0 Å². The first-order valence-electron chi connectivity index (χ1n) is 6.30. The van der Waals surface area contributed by atoms with Gasteiger partial charge in [-0.15, -0.1) is 0 Å². The Bertz CT molecular complexity index is 804. The second-order valence-corrected chi connectivity index (χ2v) is 4.53. The molecule has 0 amide bonds. The molecule has 0 bridgehead atoms. The van der Waals surface area contributed by atoms with Crippen molar-refractivity contribution in [2.75, 3.05) is 0 Å². The largest absolute Gasteiger partial charge is 0.478 e. The molecule has 0 fully saturated rings. The van der Waals surface area contributed by atoms with E-state index in [9.17, 15) is 34.5 Å². The van der Waals surface area contributed by atoms with Crippen LogP contribution in [0.1, 0.15) is 41.4 Å². The summed E-state index contributed by atoms with van der Waals surface area (Å²) >= 11 is 0. The average Bonchev–Trinajstić information content (AvgIpc) is 2.52. The minimum atomic E-state index is -1.43. The second-order valence-electron chi connectivity index (χ2n) is 4.53. The van der Waals surface area contributed by atoms with Crippen LogP contribution in [0.25, 0.3) is 11.1 Å². The molecule has 0 aliphatic rings. The lowest BCUT2D eigenvalue weighted by Crippen LogP contribution is -2.11. The molecule has 23 heavy (non-hydrogen) atoms. The number of hydrogen-bond acceptors (Lipinski definition) is 4. The number of benzene rings is 2. The number of carboxylic acids is 3. The molecular formula is C16H10O7. The zero-order chi connectivity index (χ0) is 17.1. The zero-order valence-corrected chi connectivity index (χ0v) is 11.5. The van der Waals surface area contributed by atoms with Gasteiger partial charge in [0.2, 0.25) is 0 Å². The van der Waals surface area contributed by atoms with Crippen molar-refractivity contribution < 1.29 is 34.5 Å². The smallest absolute Gasteiger partial charge is 0.336 e. The molecule has 7 heteroatoms. The number of aromatic carboxylic acids is 3. The fraction of sp³-hybridized carbons (Fsp3) is 0. The van der Waals surface area contributed by atoms with Gasteiger partial charge in [-0.2, -0.15) is 0 Å². The number of aldehydes is 1. The summed E-state index contributed by atoms with van der Waals surface area (Å²) in [4.78, 5) is 45.5. The normalized spacial score (nSPS) is 10.1. The SMILES string of the molecule is O=Cc1cccc(C(=O)O)c1-c1c(C(=O)O)cccc1C(=O)O. The van der Waals surface area contributed by atoms with Crippen LogP contribution in [0.3, 0.4) is 0 Å². The van der Waals surface area contributed by atoms with Gasteiger partial charge in [-0.1, -0.05) is 18.2 Å². The molecule has 0 spiro atoms. The van der Waals surface area contributed by atoms with Crippen molar-refractivity contribution in [1.29, 1.82) is 0 Å². The van der Waals surface area contributed by atoms with Crippen molar-refractivity contribution in [3.05, 3.63) is 58.7 Å². The number of carbonyl (C=O) groups is 4. The third-order valence-electron chi connectivity index (χ3n) is 3.23. The van der Waals surface area contributed by atoms with E-state index >= 15 is 0 Å². The molecule has 2 aromatic carbocycles. The number of rotatable bonds is 5. The van der Waals surface area contributed by atoms with Gasteiger partial charge in [0.1, 0.15) is 0 Å². The first kappa shape index (κ1) is 15.9. The van der Waals surface area contributed by atoms with E-state index in [4.69, 9.17) is 0 Å². The van der Waals surface area contributed by atoms with E-state index in [0.29, 0.717) is 6.29 Å². The van der Waals surface area contributed by atoms with Gasteiger partial charge in [0.05, 0.1) is 16.7 Å². The predicted molar refractivity (Wildman–Crippen MR) is 78.1 cm³/mol. The van der Waals surface area contributed by atoms with Gasteiger partial charge in [0, 0.05) is 16.7 Å². The Morgan fingerprint density at radius 2 is 1.09 bits per heavy atom. The molecule has 7 nitrogen and oxygen atoms in total. The monoisotopic (exact) mass is 314 g/mol. The Kier molecular flexibility index (Phi) is 4.22. The summed E-state index contributed by atoms with van der Waals surface area (Å²) in [6.07, 6.45) is 0.353.